The standard InChI is InChI=1S/C9H17F2N/c1-7(2)12-6-9(10,11)5-4-8(12)3/h7-8H,4-6H2,1-3H3. The lowest BCUT2D eigenvalue weighted by atomic mass is 9.99. The van der Waals surface area contributed by atoms with Crippen LogP contribution in [-0.4, -0.2) is 29.5 Å². The van der Waals surface area contributed by atoms with Gasteiger partial charge in [0, 0.05) is 18.5 Å². The number of piperidine rings is 1. The van der Waals surface area contributed by atoms with Crippen LogP contribution in [0.1, 0.15) is 33.6 Å². The summed E-state index contributed by atoms with van der Waals surface area (Å²) in [7, 11) is 0. The summed E-state index contributed by atoms with van der Waals surface area (Å²) < 4.78 is 25.9. The van der Waals surface area contributed by atoms with Gasteiger partial charge in [-0.3, -0.25) is 4.90 Å². The topological polar surface area (TPSA) is 3.24 Å². The van der Waals surface area contributed by atoms with E-state index in [4.69, 9.17) is 0 Å². The fraction of sp³-hybridized carbons (Fsp3) is 1.00. The molecule has 1 atom stereocenters. The van der Waals surface area contributed by atoms with Gasteiger partial charge in [0.2, 0.25) is 0 Å². The van der Waals surface area contributed by atoms with Gasteiger partial charge in [-0.25, -0.2) is 8.78 Å². The quantitative estimate of drug-likeness (QED) is 0.595. The Morgan fingerprint density at radius 1 is 1.42 bits per heavy atom. The molecule has 1 aliphatic rings. The van der Waals surface area contributed by atoms with Crippen LogP contribution in [0.3, 0.4) is 0 Å². The zero-order chi connectivity index (χ0) is 9.35. The minimum atomic E-state index is -2.46. The van der Waals surface area contributed by atoms with Crippen molar-refractivity contribution < 1.29 is 8.78 Å². The van der Waals surface area contributed by atoms with E-state index < -0.39 is 5.92 Å². The first kappa shape index (κ1) is 9.90. The minimum Gasteiger partial charge on any atom is -0.292 e. The summed E-state index contributed by atoms with van der Waals surface area (Å²) in [4.78, 5) is 1.88. The summed E-state index contributed by atoms with van der Waals surface area (Å²) in [6.07, 6.45) is 0.669. The van der Waals surface area contributed by atoms with Crippen molar-refractivity contribution >= 4 is 0 Å². The van der Waals surface area contributed by atoms with Crippen LogP contribution in [0.4, 0.5) is 8.78 Å². The van der Waals surface area contributed by atoms with Crippen LogP contribution in [0.25, 0.3) is 0 Å². The van der Waals surface area contributed by atoms with Crippen LogP contribution >= 0.6 is 0 Å². The second kappa shape index (κ2) is 3.29. The van der Waals surface area contributed by atoms with Gasteiger partial charge >= 0.3 is 0 Å². The number of halogens is 2. The van der Waals surface area contributed by atoms with Crippen molar-refractivity contribution in [1.82, 2.24) is 4.90 Å². The number of hydrogen-bond acceptors (Lipinski definition) is 1. The van der Waals surface area contributed by atoms with Crippen molar-refractivity contribution in [3.63, 3.8) is 0 Å². The summed E-state index contributed by atoms with van der Waals surface area (Å²) in [5, 5.41) is 0. The second-order valence-corrected chi connectivity index (χ2v) is 4.01. The van der Waals surface area contributed by atoms with E-state index in [9.17, 15) is 8.78 Å². The lowest BCUT2D eigenvalue weighted by Crippen LogP contribution is -2.50. The lowest BCUT2D eigenvalue weighted by Gasteiger charge is -2.40. The van der Waals surface area contributed by atoms with Gasteiger partial charge in [-0.15, -0.1) is 0 Å². The number of rotatable bonds is 1. The maximum absolute atomic E-state index is 12.9. The molecule has 0 amide bonds. The van der Waals surface area contributed by atoms with E-state index in [1.54, 1.807) is 0 Å². The minimum absolute atomic E-state index is 0.0530. The first-order chi connectivity index (χ1) is 5.42. The molecule has 0 bridgehead atoms. The first-order valence-electron chi connectivity index (χ1n) is 4.56. The van der Waals surface area contributed by atoms with E-state index in [1.165, 1.54) is 0 Å². The molecule has 1 unspecified atom stereocenters. The van der Waals surface area contributed by atoms with Crippen LogP contribution in [0.5, 0.6) is 0 Å². The van der Waals surface area contributed by atoms with E-state index in [0.717, 1.165) is 0 Å². The van der Waals surface area contributed by atoms with Crippen molar-refractivity contribution in [1.29, 1.82) is 0 Å². The second-order valence-electron chi connectivity index (χ2n) is 4.01. The van der Waals surface area contributed by atoms with Gasteiger partial charge in [-0.1, -0.05) is 0 Å². The Kier molecular flexibility index (Phi) is 2.71. The third-order valence-corrected chi connectivity index (χ3v) is 2.57. The molecule has 1 heterocycles. The normalized spacial score (nSPS) is 31.0. The zero-order valence-electron chi connectivity index (χ0n) is 7.98. The van der Waals surface area contributed by atoms with Gasteiger partial charge in [0.15, 0.2) is 0 Å². The molecule has 0 saturated carbocycles. The number of likely N-dealkylation sites (tertiary alicyclic amines) is 1. The summed E-state index contributed by atoms with van der Waals surface area (Å²) in [6.45, 7) is 5.90. The van der Waals surface area contributed by atoms with Crippen molar-refractivity contribution in [2.45, 2.75) is 51.6 Å². The van der Waals surface area contributed by atoms with Gasteiger partial charge in [0.1, 0.15) is 0 Å². The highest BCUT2D eigenvalue weighted by atomic mass is 19.3. The Morgan fingerprint density at radius 2 is 2.00 bits per heavy atom. The Hall–Kier alpha value is -0.180. The van der Waals surface area contributed by atoms with E-state index in [1.807, 2.05) is 25.7 Å². The van der Waals surface area contributed by atoms with E-state index >= 15 is 0 Å². The molecule has 12 heavy (non-hydrogen) atoms. The molecule has 1 rings (SSSR count). The van der Waals surface area contributed by atoms with Crippen LogP contribution in [0.2, 0.25) is 0 Å². The van der Waals surface area contributed by atoms with Crippen LogP contribution in [0.15, 0.2) is 0 Å². The number of hydrogen-bond donors (Lipinski definition) is 0. The SMILES string of the molecule is CC(C)N1CC(F)(F)CCC1C. The predicted octanol–water partition coefficient (Wildman–Crippen LogP) is 2.51. The van der Waals surface area contributed by atoms with Crippen LogP contribution in [0, 0.1) is 0 Å². The molecule has 0 aromatic heterocycles. The van der Waals surface area contributed by atoms with Gasteiger partial charge in [-0.2, -0.15) is 0 Å². The van der Waals surface area contributed by atoms with Gasteiger partial charge < -0.3 is 0 Å². The van der Waals surface area contributed by atoms with E-state index in [2.05, 4.69) is 0 Å². The molecule has 0 aromatic rings. The average molecular weight is 177 g/mol. The number of alkyl halides is 2. The largest absolute Gasteiger partial charge is 0.292 e. The zero-order valence-corrected chi connectivity index (χ0v) is 7.98. The van der Waals surface area contributed by atoms with Crippen molar-refractivity contribution in [2.75, 3.05) is 6.54 Å². The van der Waals surface area contributed by atoms with E-state index in [-0.39, 0.29) is 19.0 Å². The molecule has 0 spiro atoms. The molecule has 0 N–H and O–H groups in total. The van der Waals surface area contributed by atoms with Crippen molar-refractivity contribution in [3.05, 3.63) is 0 Å². The molecule has 3 heteroatoms. The monoisotopic (exact) mass is 177 g/mol. The van der Waals surface area contributed by atoms with Crippen LogP contribution < -0.4 is 0 Å². The lowest BCUT2D eigenvalue weighted by molar-refractivity contribution is -0.0885. The van der Waals surface area contributed by atoms with Gasteiger partial charge in [-0.05, 0) is 27.2 Å². The molecule has 1 fully saturated rings. The highest BCUT2D eigenvalue weighted by molar-refractivity contribution is 4.85. The van der Waals surface area contributed by atoms with Gasteiger partial charge in [0.25, 0.3) is 5.92 Å². The third-order valence-electron chi connectivity index (χ3n) is 2.57. The molecule has 0 aliphatic carbocycles. The molecular weight excluding hydrogens is 160 g/mol. The van der Waals surface area contributed by atoms with Crippen molar-refractivity contribution in [3.8, 4) is 0 Å². The summed E-state index contributed by atoms with van der Waals surface area (Å²) in [5.74, 6) is -2.46. The third kappa shape index (κ3) is 2.16. The maximum Gasteiger partial charge on any atom is 0.260 e. The predicted molar refractivity (Wildman–Crippen MR) is 45.5 cm³/mol. The highest BCUT2D eigenvalue weighted by Gasteiger charge is 2.38. The summed E-state index contributed by atoms with van der Waals surface area (Å²) in [5.41, 5.74) is 0. The molecular formula is C9H17F2N. The summed E-state index contributed by atoms with van der Waals surface area (Å²) >= 11 is 0. The van der Waals surface area contributed by atoms with Crippen LogP contribution in [-0.2, 0) is 0 Å². The Balaban J connectivity index is 2.59. The van der Waals surface area contributed by atoms with Crippen molar-refractivity contribution in [2.24, 2.45) is 0 Å². The number of nitrogens with zero attached hydrogens (tertiary/aromatic N) is 1. The Labute approximate surface area is 72.7 Å². The first-order valence-corrected chi connectivity index (χ1v) is 4.56. The average Bonchev–Trinajstić information content (AvgIpc) is 1.94. The molecule has 0 aromatic carbocycles. The molecule has 1 saturated heterocycles. The fourth-order valence-corrected chi connectivity index (χ4v) is 1.78. The summed E-state index contributed by atoms with van der Waals surface area (Å²) in [6, 6.07) is 0.538. The molecule has 1 nitrogen and oxygen atoms in total. The highest BCUT2D eigenvalue weighted by Crippen LogP contribution is 2.30. The Bertz CT molecular complexity index is 157. The maximum atomic E-state index is 12.9. The molecule has 72 valence electrons. The molecule has 0 radical (unpaired) electrons. The van der Waals surface area contributed by atoms with E-state index in [0.29, 0.717) is 12.5 Å². The fourth-order valence-electron chi connectivity index (χ4n) is 1.78. The van der Waals surface area contributed by atoms with Gasteiger partial charge in [0.05, 0.1) is 6.54 Å². The smallest absolute Gasteiger partial charge is 0.260 e. The molecule has 1 aliphatic heterocycles. The Morgan fingerprint density at radius 3 is 2.42 bits per heavy atom.